The van der Waals surface area contributed by atoms with Gasteiger partial charge < -0.3 is 10.2 Å². The van der Waals surface area contributed by atoms with Gasteiger partial charge >= 0.3 is 5.97 Å². The van der Waals surface area contributed by atoms with E-state index in [0.717, 1.165) is 22.8 Å². The van der Waals surface area contributed by atoms with Crippen molar-refractivity contribution in [2.45, 2.75) is 13.3 Å². The highest BCUT2D eigenvalue weighted by atomic mass is 35.5. The number of halogens is 3. The van der Waals surface area contributed by atoms with Gasteiger partial charge in [0.2, 0.25) is 0 Å². The standard InChI is InChI=1S/C18H12ClF2NO4/c1-8-10(6-17(24)25)11-5-16(23)14(21)7-15(11)22(8)18(26)9-2-3-12(19)13(20)4-9/h2-5,7,23H,6H2,1H3,(H,24,25). The van der Waals surface area contributed by atoms with Gasteiger partial charge in [-0.25, -0.2) is 8.78 Å². The molecule has 3 aromatic rings. The molecule has 26 heavy (non-hydrogen) atoms. The number of hydrogen-bond donors (Lipinski definition) is 2. The number of phenols is 1. The van der Waals surface area contributed by atoms with Crippen molar-refractivity contribution < 1.29 is 28.6 Å². The Bertz CT molecular complexity index is 1070. The monoisotopic (exact) mass is 379 g/mol. The number of carbonyl (C=O) groups excluding carboxylic acids is 1. The Morgan fingerprint density at radius 2 is 1.85 bits per heavy atom. The zero-order chi connectivity index (χ0) is 19.2. The molecular weight excluding hydrogens is 368 g/mol. The second-order valence-electron chi connectivity index (χ2n) is 5.72. The van der Waals surface area contributed by atoms with E-state index in [0.29, 0.717) is 0 Å². The lowest BCUT2D eigenvalue weighted by Gasteiger charge is -2.08. The molecule has 0 aliphatic carbocycles. The Balaban J connectivity index is 2.29. The summed E-state index contributed by atoms with van der Waals surface area (Å²) in [6.45, 7) is 1.50. The summed E-state index contributed by atoms with van der Waals surface area (Å²) in [7, 11) is 0. The number of carboxylic acids is 1. The van der Waals surface area contributed by atoms with Gasteiger partial charge in [-0.2, -0.15) is 0 Å². The first-order chi connectivity index (χ1) is 12.2. The van der Waals surface area contributed by atoms with Gasteiger partial charge in [0.1, 0.15) is 5.82 Å². The third-order valence-electron chi connectivity index (χ3n) is 4.10. The predicted octanol–water partition coefficient (Wildman–Crippen LogP) is 3.90. The molecule has 0 bridgehead atoms. The molecule has 1 heterocycles. The van der Waals surface area contributed by atoms with Crippen LogP contribution in [0.5, 0.6) is 5.75 Å². The fourth-order valence-corrected chi connectivity index (χ4v) is 3.00. The van der Waals surface area contributed by atoms with Crippen molar-refractivity contribution in [3.63, 3.8) is 0 Å². The molecule has 134 valence electrons. The van der Waals surface area contributed by atoms with E-state index in [2.05, 4.69) is 0 Å². The Hall–Kier alpha value is -2.93. The van der Waals surface area contributed by atoms with Crippen LogP contribution in [0.3, 0.4) is 0 Å². The Morgan fingerprint density at radius 1 is 1.15 bits per heavy atom. The third kappa shape index (κ3) is 2.90. The maximum absolute atomic E-state index is 13.8. The summed E-state index contributed by atoms with van der Waals surface area (Å²) in [5.74, 6) is -4.24. The second-order valence-corrected chi connectivity index (χ2v) is 6.13. The first-order valence-electron chi connectivity index (χ1n) is 7.44. The topological polar surface area (TPSA) is 79.5 Å². The lowest BCUT2D eigenvalue weighted by Crippen LogP contribution is -2.14. The molecule has 0 aliphatic rings. The van der Waals surface area contributed by atoms with Crippen LogP contribution >= 0.6 is 11.6 Å². The lowest BCUT2D eigenvalue weighted by molar-refractivity contribution is -0.136. The molecule has 0 spiro atoms. The van der Waals surface area contributed by atoms with E-state index < -0.39 is 35.7 Å². The highest BCUT2D eigenvalue weighted by Crippen LogP contribution is 2.32. The highest BCUT2D eigenvalue weighted by molar-refractivity contribution is 6.30. The second kappa shape index (κ2) is 6.42. The van der Waals surface area contributed by atoms with E-state index in [9.17, 15) is 23.5 Å². The Labute approximate surface area is 151 Å². The molecule has 0 saturated carbocycles. The van der Waals surface area contributed by atoms with Gasteiger partial charge in [0, 0.05) is 22.7 Å². The van der Waals surface area contributed by atoms with Crippen LogP contribution in [0.4, 0.5) is 8.78 Å². The molecule has 0 fully saturated rings. The molecule has 0 atom stereocenters. The van der Waals surface area contributed by atoms with E-state index in [1.54, 1.807) is 0 Å². The minimum atomic E-state index is -1.15. The molecule has 8 heteroatoms. The van der Waals surface area contributed by atoms with Gasteiger partial charge in [-0.3, -0.25) is 14.2 Å². The fraction of sp³-hybridized carbons (Fsp3) is 0.111. The Morgan fingerprint density at radius 3 is 2.46 bits per heavy atom. The van der Waals surface area contributed by atoms with Crippen LogP contribution < -0.4 is 0 Å². The van der Waals surface area contributed by atoms with Gasteiger partial charge in [-0.15, -0.1) is 0 Å². The number of phenolic OH excluding ortho intramolecular Hbond substituents is 1. The number of carbonyl (C=O) groups is 2. The van der Waals surface area contributed by atoms with Crippen LogP contribution in [0.15, 0.2) is 30.3 Å². The van der Waals surface area contributed by atoms with E-state index in [1.165, 1.54) is 19.1 Å². The van der Waals surface area contributed by atoms with E-state index in [1.807, 2.05) is 0 Å². The quantitative estimate of drug-likeness (QED) is 0.723. The Kier molecular flexibility index (Phi) is 4.41. The third-order valence-corrected chi connectivity index (χ3v) is 4.41. The molecular formula is C18H12ClF2NO4. The zero-order valence-electron chi connectivity index (χ0n) is 13.4. The number of carboxylic acid groups (broad SMARTS) is 1. The molecule has 0 radical (unpaired) electrons. The van der Waals surface area contributed by atoms with Crippen molar-refractivity contribution in [2.24, 2.45) is 0 Å². The van der Waals surface area contributed by atoms with Crippen molar-refractivity contribution >= 4 is 34.4 Å². The van der Waals surface area contributed by atoms with Gasteiger partial charge in [-0.1, -0.05) is 11.6 Å². The molecule has 0 amide bonds. The largest absolute Gasteiger partial charge is 0.505 e. The highest BCUT2D eigenvalue weighted by Gasteiger charge is 2.23. The summed E-state index contributed by atoms with van der Waals surface area (Å²) in [6, 6.07) is 5.49. The van der Waals surface area contributed by atoms with Gasteiger partial charge in [-0.05, 0) is 36.8 Å². The lowest BCUT2D eigenvalue weighted by atomic mass is 10.1. The molecule has 2 N–H and O–H groups in total. The molecule has 2 aromatic carbocycles. The summed E-state index contributed by atoms with van der Waals surface area (Å²) in [5, 5.41) is 18.8. The van der Waals surface area contributed by atoms with Crippen LogP contribution in [-0.4, -0.2) is 26.7 Å². The van der Waals surface area contributed by atoms with Gasteiger partial charge in [0.05, 0.1) is 17.0 Å². The van der Waals surface area contributed by atoms with Crippen molar-refractivity contribution in [1.82, 2.24) is 4.57 Å². The summed E-state index contributed by atoms with van der Waals surface area (Å²) in [5.41, 5.74) is 0.551. The summed E-state index contributed by atoms with van der Waals surface area (Å²) in [4.78, 5) is 24.0. The fourth-order valence-electron chi connectivity index (χ4n) is 2.88. The van der Waals surface area contributed by atoms with Crippen molar-refractivity contribution in [3.8, 4) is 5.75 Å². The van der Waals surface area contributed by atoms with Crippen molar-refractivity contribution in [2.75, 3.05) is 0 Å². The van der Waals surface area contributed by atoms with Crippen LogP contribution in [-0.2, 0) is 11.2 Å². The summed E-state index contributed by atoms with van der Waals surface area (Å²) in [6.07, 6.45) is -0.428. The molecule has 3 rings (SSSR count). The number of rotatable bonds is 3. The van der Waals surface area contributed by atoms with Crippen LogP contribution in [0, 0.1) is 18.6 Å². The average molecular weight is 380 g/mol. The number of hydrogen-bond acceptors (Lipinski definition) is 3. The summed E-state index contributed by atoms with van der Waals surface area (Å²) >= 11 is 5.62. The van der Waals surface area contributed by atoms with E-state index in [-0.39, 0.29) is 32.7 Å². The molecule has 0 aliphatic heterocycles. The van der Waals surface area contributed by atoms with Crippen molar-refractivity contribution in [1.29, 1.82) is 0 Å². The van der Waals surface area contributed by atoms with Crippen molar-refractivity contribution in [3.05, 3.63) is 63.8 Å². The maximum Gasteiger partial charge on any atom is 0.307 e. The molecule has 0 saturated heterocycles. The van der Waals surface area contributed by atoms with E-state index >= 15 is 0 Å². The number of aliphatic carboxylic acids is 1. The molecule has 5 nitrogen and oxygen atoms in total. The normalized spacial score (nSPS) is 11.1. The number of nitrogens with zero attached hydrogens (tertiary/aromatic N) is 1. The zero-order valence-corrected chi connectivity index (χ0v) is 14.1. The van der Waals surface area contributed by atoms with Gasteiger partial charge in [0.25, 0.3) is 5.91 Å². The van der Waals surface area contributed by atoms with Crippen LogP contribution in [0.2, 0.25) is 5.02 Å². The predicted molar refractivity (Wildman–Crippen MR) is 90.8 cm³/mol. The minimum absolute atomic E-state index is 0.0396. The SMILES string of the molecule is Cc1c(CC(=O)O)c2cc(O)c(F)cc2n1C(=O)c1ccc(Cl)c(F)c1. The van der Waals surface area contributed by atoms with Crippen LogP contribution in [0.25, 0.3) is 10.9 Å². The minimum Gasteiger partial charge on any atom is -0.505 e. The van der Waals surface area contributed by atoms with E-state index in [4.69, 9.17) is 16.7 Å². The molecule has 0 unspecified atom stereocenters. The number of aromatic nitrogens is 1. The maximum atomic E-state index is 13.8. The summed E-state index contributed by atoms with van der Waals surface area (Å²) < 4.78 is 28.6. The van der Waals surface area contributed by atoms with Gasteiger partial charge in [0.15, 0.2) is 11.6 Å². The average Bonchev–Trinajstić information content (AvgIpc) is 2.81. The number of aromatic hydroxyl groups is 1. The molecule has 1 aromatic heterocycles. The number of fused-ring (bicyclic) bond motifs is 1. The first-order valence-corrected chi connectivity index (χ1v) is 7.82. The number of benzene rings is 2. The van der Waals surface area contributed by atoms with Crippen LogP contribution in [0.1, 0.15) is 21.6 Å². The smallest absolute Gasteiger partial charge is 0.307 e. The first kappa shape index (κ1) is 17.9.